The summed E-state index contributed by atoms with van der Waals surface area (Å²) in [5, 5.41) is 0. The van der Waals surface area contributed by atoms with Gasteiger partial charge in [-0.2, -0.15) is 0 Å². The number of nitrogens with zero attached hydrogens (tertiary/aromatic N) is 1. The summed E-state index contributed by atoms with van der Waals surface area (Å²) >= 11 is 0. The lowest BCUT2D eigenvalue weighted by Crippen LogP contribution is -2.41. The molecule has 2 aliphatic heterocycles. The number of likely N-dealkylation sites (tertiary alicyclic amines) is 1. The summed E-state index contributed by atoms with van der Waals surface area (Å²) in [6, 6.07) is 6.93. The first kappa shape index (κ1) is 18.0. The van der Waals surface area contributed by atoms with Crippen LogP contribution in [0.15, 0.2) is 29.8 Å². The highest BCUT2D eigenvalue weighted by Crippen LogP contribution is 2.24. The summed E-state index contributed by atoms with van der Waals surface area (Å²) in [5.74, 6) is -1.85. The van der Waals surface area contributed by atoms with E-state index in [4.69, 9.17) is 14.2 Å². The van der Waals surface area contributed by atoms with Crippen molar-refractivity contribution < 1.29 is 28.6 Å². The molecule has 0 aliphatic carbocycles. The molecule has 0 bridgehead atoms. The number of hydrogen-bond donors (Lipinski definition) is 0. The lowest BCUT2D eigenvalue weighted by molar-refractivity contribution is -0.222. The molecule has 138 valence electrons. The number of ether oxygens (including phenoxy) is 3. The number of carbonyl (C=O) groups is 3. The third-order valence-corrected chi connectivity index (χ3v) is 4.11. The minimum Gasteiger partial charge on any atom is -0.492 e. The standard InChI is InChI=1S/C19H21NO6/c1-19(2)25-17(22)15(18(23)26-19)12-13-5-7-14(8-6-13)24-11-10-20-9-3-4-16(20)21/h5-8,12H,3-4,9-11H2,1-2H3. The van der Waals surface area contributed by atoms with Crippen LogP contribution in [0.25, 0.3) is 6.08 Å². The second kappa shape index (κ2) is 7.19. The summed E-state index contributed by atoms with van der Waals surface area (Å²) in [7, 11) is 0. The van der Waals surface area contributed by atoms with Crippen molar-refractivity contribution in [3.05, 3.63) is 35.4 Å². The van der Waals surface area contributed by atoms with Crippen molar-refractivity contribution in [3.63, 3.8) is 0 Å². The van der Waals surface area contributed by atoms with E-state index < -0.39 is 17.7 Å². The van der Waals surface area contributed by atoms with E-state index in [-0.39, 0.29) is 11.5 Å². The van der Waals surface area contributed by atoms with Crippen LogP contribution in [0, 0.1) is 0 Å². The molecule has 7 nitrogen and oxygen atoms in total. The van der Waals surface area contributed by atoms with E-state index in [1.807, 2.05) is 0 Å². The topological polar surface area (TPSA) is 82.1 Å². The van der Waals surface area contributed by atoms with Gasteiger partial charge in [-0.3, -0.25) is 4.79 Å². The quantitative estimate of drug-likeness (QED) is 0.454. The molecular formula is C19H21NO6. The van der Waals surface area contributed by atoms with Gasteiger partial charge in [0, 0.05) is 26.8 Å². The van der Waals surface area contributed by atoms with Gasteiger partial charge in [0.05, 0.1) is 6.54 Å². The van der Waals surface area contributed by atoms with E-state index in [0.717, 1.165) is 13.0 Å². The molecule has 0 N–H and O–H groups in total. The Balaban J connectivity index is 1.58. The number of amides is 1. The Morgan fingerprint density at radius 2 is 1.77 bits per heavy atom. The number of cyclic esters (lactones) is 2. The van der Waals surface area contributed by atoms with E-state index in [0.29, 0.717) is 30.9 Å². The molecule has 0 radical (unpaired) electrons. The van der Waals surface area contributed by atoms with Crippen molar-refractivity contribution in [1.29, 1.82) is 0 Å². The minimum absolute atomic E-state index is 0.148. The molecule has 0 unspecified atom stereocenters. The molecule has 1 aromatic rings. The van der Waals surface area contributed by atoms with Gasteiger partial charge in [0.25, 0.3) is 5.79 Å². The van der Waals surface area contributed by atoms with Crippen LogP contribution in [0.3, 0.4) is 0 Å². The van der Waals surface area contributed by atoms with Gasteiger partial charge in [0.1, 0.15) is 17.9 Å². The van der Waals surface area contributed by atoms with Gasteiger partial charge in [-0.25, -0.2) is 9.59 Å². The maximum atomic E-state index is 11.9. The average Bonchev–Trinajstić information content (AvgIpc) is 2.97. The van der Waals surface area contributed by atoms with Crippen LogP contribution in [0.2, 0.25) is 0 Å². The Morgan fingerprint density at radius 3 is 2.35 bits per heavy atom. The Labute approximate surface area is 151 Å². The normalized spacial score (nSPS) is 19.2. The van der Waals surface area contributed by atoms with Gasteiger partial charge in [-0.15, -0.1) is 0 Å². The van der Waals surface area contributed by atoms with E-state index >= 15 is 0 Å². The first-order valence-electron chi connectivity index (χ1n) is 8.53. The fraction of sp³-hybridized carbons (Fsp3) is 0.421. The fourth-order valence-corrected chi connectivity index (χ4v) is 2.82. The number of carbonyl (C=O) groups excluding carboxylic acids is 3. The monoisotopic (exact) mass is 359 g/mol. The highest BCUT2D eigenvalue weighted by Gasteiger charge is 2.38. The van der Waals surface area contributed by atoms with Crippen molar-refractivity contribution in [2.75, 3.05) is 19.7 Å². The molecule has 2 aliphatic rings. The number of esters is 2. The van der Waals surface area contributed by atoms with E-state index in [1.54, 1.807) is 29.2 Å². The molecule has 0 saturated carbocycles. The predicted octanol–water partition coefficient (Wildman–Crippen LogP) is 1.91. The van der Waals surface area contributed by atoms with Crippen LogP contribution in [-0.2, 0) is 23.9 Å². The van der Waals surface area contributed by atoms with Gasteiger partial charge < -0.3 is 19.1 Å². The molecule has 7 heteroatoms. The van der Waals surface area contributed by atoms with Crippen LogP contribution in [-0.4, -0.2) is 48.2 Å². The summed E-state index contributed by atoms with van der Waals surface area (Å²) in [4.78, 5) is 37.2. The maximum absolute atomic E-state index is 11.9. The lowest BCUT2D eigenvalue weighted by atomic mass is 10.1. The Bertz CT molecular complexity index is 728. The van der Waals surface area contributed by atoms with E-state index in [2.05, 4.69) is 0 Å². The molecule has 0 spiro atoms. The molecule has 1 aromatic carbocycles. The summed E-state index contributed by atoms with van der Waals surface area (Å²) in [6.07, 6.45) is 2.95. The van der Waals surface area contributed by atoms with Crippen LogP contribution in [0.5, 0.6) is 5.75 Å². The van der Waals surface area contributed by atoms with Crippen molar-refractivity contribution in [2.45, 2.75) is 32.5 Å². The fourth-order valence-electron chi connectivity index (χ4n) is 2.82. The summed E-state index contributed by atoms with van der Waals surface area (Å²) in [6.45, 7) is 4.78. The third kappa shape index (κ3) is 4.22. The maximum Gasteiger partial charge on any atom is 0.348 e. The molecular weight excluding hydrogens is 338 g/mol. The number of hydrogen-bond acceptors (Lipinski definition) is 6. The van der Waals surface area contributed by atoms with Gasteiger partial charge in [0.15, 0.2) is 0 Å². The van der Waals surface area contributed by atoms with Crippen molar-refractivity contribution in [1.82, 2.24) is 4.90 Å². The summed E-state index contributed by atoms with van der Waals surface area (Å²) in [5.41, 5.74) is 0.501. The Morgan fingerprint density at radius 1 is 1.12 bits per heavy atom. The van der Waals surface area contributed by atoms with Crippen LogP contribution < -0.4 is 4.74 Å². The average molecular weight is 359 g/mol. The highest BCUT2D eigenvalue weighted by molar-refractivity contribution is 6.18. The molecule has 2 heterocycles. The van der Waals surface area contributed by atoms with Gasteiger partial charge in [0.2, 0.25) is 5.91 Å². The molecule has 2 fully saturated rings. The number of benzene rings is 1. The molecule has 3 rings (SSSR count). The Hall–Kier alpha value is -2.83. The zero-order valence-electron chi connectivity index (χ0n) is 14.8. The Kier molecular flexibility index (Phi) is 4.97. The van der Waals surface area contributed by atoms with E-state index in [1.165, 1.54) is 19.9 Å². The molecule has 0 aromatic heterocycles. The van der Waals surface area contributed by atoms with E-state index in [9.17, 15) is 14.4 Å². The van der Waals surface area contributed by atoms with Crippen LogP contribution >= 0.6 is 0 Å². The van der Waals surface area contributed by atoms with Crippen LogP contribution in [0.4, 0.5) is 0 Å². The van der Waals surface area contributed by atoms with Crippen molar-refractivity contribution in [3.8, 4) is 5.75 Å². The predicted molar refractivity (Wildman–Crippen MR) is 92.0 cm³/mol. The minimum atomic E-state index is -1.25. The third-order valence-electron chi connectivity index (χ3n) is 4.11. The first-order valence-corrected chi connectivity index (χ1v) is 8.53. The molecule has 26 heavy (non-hydrogen) atoms. The van der Waals surface area contributed by atoms with Crippen molar-refractivity contribution in [2.24, 2.45) is 0 Å². The lowest BCUT2D eigenvalue weighted by Gasteiger charge is -2.29. The smallest absolute Gasteiger partial charge is 0.348 e. The van der Waals surface area contributed by atoms with Crippen molar-refractivity contribution >= 4 is 23.9 Å². The zero-order chi connectivity index (χ0) is 18.7. The van der Waals surface area contributed by atoms with Gasteiger partial charge in [-0.05, 0) is 30.2 Å². The second-order valence-electron chi connectivity index (χ2n) is 6.64. The first-order chi connectivity index (χ1) is 12.3. The SMILES string of the molecule is CC1(C)OC(=O)C(=Cc2ccc(OCCN3CCCC3=O)cc2)C(=O)O1. The van der Waals surface area contributed by atoms with Gasteiger partial charge in [-0.1, -0.05) is 12.1 Å². The second-order valence-corrected chi connectivity index (χ2v) is 6.64. The van der Waals surface area contributed by atoms with Gasteiger partial charge >= 0.3 is 11.9 Å². The van der Waals surface area contributed by atoms with Crippen LogP contribution in [0.1, 0.15) is 32.3 Å². The summed E-state index contributed by atoms with van der Waals surface area (Å²) < 4.78 is 15.7. The molecule has 1 amide bonds. The zero-order valence-corrected chi connectivity index (χ0v) is 14.8. The number of rotatable bonds is 5. The molecule has 2 saturated heterocycles. The molecule has 0 atom stereocenters. The highest BCUT2D eigenvalue weighted by atomic mass is 16.7. The largest absolute Gasteiger partial charge is 0.492 e.